The van der Waals surface area contributed by atoms with E-state index < -0.39 is 0 Å². The number of aromatic nitrogens is 2. The average molecular weight is 501 g/mol. The lowest BCUT2D eigenvalue weighted by molar-refractivity contribution is -0.117. The van der Waals surface area contributed by atoms with Gasteiger partial charge >= 0.3 is 0 Å². The topological polar surface area (TPSA) is 136 Å². The van der Waals surface area contributed by atoms with Crippen molar-refractivity contribution in [2.75, 3.05) is 16.9 Å². The summed E-state index contributed by atoms with van der Waals surface area (Å²) in [6.45, 7) is 1.94. The van der Waals surface area contributed by atoms with E-state index in [-0.39, 0.29) is 17.7 Å². The van der Waals surface area contributed by atoms with Crippen LogP contribution < -0.4 is 22.1 Å². The van der Waals surface area contributed by atoms with Crippen molar-refractivity contribution in [2.45, 2.75) is 24.8 Å². The largest absolute Gasteiger partial charge is 0.404 e. The molecule has 9 heteroatoms. The molecule has 1 fully saturated rings. The van der Waals surface area contributed by atoms with E-state index in [1.165, 1.54) is 18.0 Å². The summed E-state index contributed by atoms with van der Waals surface area (Å²) in [6.07, 6.45) is 10.2. The van der Waals surface area contributed by atoms with Gasteiger partial charge in [-0.25, -0.2) is 9.97 Å². The number of nitrogens with zero attached hydrogens (tertiary/aromatic N) is 2. The SMILES string of the molecule is CSc1cc(C(=O)Nc2ccc(C)c(/C(N)=C/C(=C\N)c3ccnc(NC(=O)C4CC4)c3)c2)ccn1. The third-order valence-corrected chi connectivity index (χ3v) is 6.44. The predicted molar refractivity (Wildman–Crippen MR) is 145 cm³/mol. The Morgan fingerprint density at radius 3 is 2.50 bits per heavy atom. The van der Waals surface area contributed by atoms with Crippen molar-refractivity contribution >= 4 is 46.4 Å². The molecule has 2 heterocycles. The molecule has 0 spiro atoms. The molecule has 0 unspecified atom stereocenters. The number of thioether (sulfide) groups is 1. The number of allylic oxidation sites excluding steroid dienone is 2. The number of nitrogens with two attached hydrogens (primary N) is 2. The lowest BCUT2D eigenvalue weighted by atomic mass is 10.0. The molecule has 184 valence electrons. The molecule has 4 rings (SSSR count). The Kier molecular flexibility index (Phi) is 7.70. The van der Waals surface area contributed by atoms with E-state index in [2.05, 4.69) is 20.6 Å². The predicted octanol–water partition coefficient (Wildman–Crippen LogP) is 4.41. The van der Waals surface area contributed by atoms with Crippen LogP contribution in [0.1, 0.15) is 39.9 Å². The summed E-state index contributed by atoms with van der Waals surface area (Å²) < 4.78 is 0. The van der Waals surface area contributed by atoms with Crippen molar-refractivity contribution in [3.05, 3.63) is 89.4 Å². The molecule has 0 aliphatic heterocycles. The van der Waals surface area contributed by atoms with Crippen LogP contribution in [0.3, 0.4) is 0 Å². The molecular weight excluding hydrogens is 472 g/mol. The van der Waals surface area contributed by atoms with Crippen molar-refractivity contribution < 1.29 is 9.59 Å². The Morgan fingerprint density at radius 2 is 1.78 bits per heavy atom. The van der Waals surface area contributed by atoms with Gasteiger partial charge in [0.15, 0.2) is 0 Å². The van der Waals surface area contributed by atoms with Crippen LogP contribution >= 0.6 is 11.8 Å². The molecule has 0 bridgehead atoms. The van der Waals surface area contributed by atoms with Gasteiger partial charge in [-0.3, -0.25) is 9.59 Å². The zero-order valence-corrected chi connectivity index (χ0v) is 20.9. The van der Waals surface area contributed by atoms with Gasteiger partial charge in [0.25, 0.3) is 5.91 Å². The Balaban J connectivity index is 1.54. The fraction of sp³-hybridized carbons (Fsp3) is 0.185. The standard InChI is InChI=1S/C27H28N6O2S/c1-16-3-6-21(32-27(35)19-8-10-31-25(13-19)36-2)14-22(16)23(29)11-20(15-28)18-7-9-30-24(12-18)33-26(34)17-4-5-17/h3,6-15,17H,4-5,28-29H2,1-2H3,(H,32,35)(H,30,33,34)/b20-15+,23-11-. The second-order valence-corrected chi connectivity index (χ2v) is 9.31. The van der Waals surface area contributed by atoms with E-state index in [4.69, 9.17) is 11.5 Å². The molecular formula is C27H28N6O2S. The lowest BCUT2D eigenvalue weighted by Gasteiger charge is -2.12. The Bertz CT molecular complexity index is 1360. The monoisotopic (exact) mass is 500 g/mol. The first-order valence-electron chi connectivity index (χ1n) is 11.5. The van der Waals surface area contributed by atoms with E-state index in [9.17, 15) is 9.59 Å². The maximum absolute atomic E-state index is 12.8. The molecule has 8 nitrogen and oxygen atoms in total. The highest BCUT2D eigenvalue weighted by Gasteiger charge is 2.29. The number of carbonyl (C=O) groups excluding carboxylic acids is 2. The Morgan fingerprint density at radius 1 is 1.03 bits per heavy atom. The van der Waals surface area contributed by atoms with Crippen LogP contribution in [0.15, 0.2) is 72.2 Å². The molecule has 1 aromatic carbocycles. The van der Waals surface area contributed by atoms with Crippen molar-refractivity contribution in [1.82, 2.24) is 9.97 Å². The van der Waals surface area contributed by atoms with E-state index >= 15 is 0 Å². The molecule has 0 radical (unpaired) electrons. The molecule has 2 aromatic heterocycles. The average Bonchev–Trinajstić information content (AvgIpc) is 3.74. The van der Waals surface area contributed by atoms with Gasteiger partial charge in [-0.15, -0.1) is 11.8 Å². The number of amides is 2. The van der Waals surface area contributed by atoms with E-state index in [1.807, 2.05) is 31.4 Å². The Labute approximate surface area is 214 Å². The quantitative estimate of drug-likeness (QED) is 0.266. The number of nitrogens with one attached hydrogen (secondary N) is 2. The number of benzene rings is 1. The van der Waals surface area contributed by atoms with Crippen molar-refractivity contribution in [3.8, 4) is 0 Å². The minimum absolute atomic E-state index is 0.0149. The van der Waals surface area contributed by atoms with E-state index in [1.54, 1.807) is 42.7 Å². The molecule has 0 atom stereocenters. The fourth-order valence-corrected chi connectivity index (χ4v) is 4.01. The van der Waals surface area contributed by atoms with Crippen LogP contribution in [0.2, 0.25) is 0 Å². The number of pyridine rings is 2. The molecule has 6 N–H and O–H groups in total. The van der Waals surface area contributed by atoms with Gasteiger partial charge in [0.05, 0.1) is 5.03 Å². The maximum atomic E-state index is 12.8. The highest BCUT2D eigenvalue weighted by atomic mass is 32.2. The van der Waals surface area contributed by atoms with Crippen LogP contribution in [0.5, 0.6) is 0 Å². The molecule has 1 saturated carbocycles. The summed E-state index contributed by atoms with van der Waals surface area (Å²) in [5.41, 5.74) is 17.2. The van der Waals surface area contributed by atoms with Gasteiger partial charge in [0, 0.05) is 47.0 Å². The molecule has 3 aromatic rings. The Hall–Kier alpha value is -4.11. The van der Waals surface area contributed by atoms with Crippen LogP contribution in [0.25, 0.3) is 11.3 Å². The summed E-state index contributed by atoms with van der Waals surface area (Å²) in [4.78, 5) is 33.3. The number of hydrogen-bond acceptors (Lipinski definition) is 7. The first-order valence-corrected chi connectivity index (χ1v) is 12.7. The number of aryl methyl sites for hydroxylation is 1. The van der Waals surface area contributed by atoms with Crippen LogP contribution in [0, 0.1) is 12.8 Å². The van der Waals surface area contributed by atoms with E-state index in [0.29, 0.717) is 28.3 Å². The zero-order valence-electron chi connectivity index (χ0n) is 20.1. The molecule has 36 heavy (non-hydrogen) atoms. The summed E-state index contributed by atoms with van der Waals surface area (Å²) in [5, 5.41) is 6.54. The summed E-state index contributed by atoms with van der Waals surface area (Å²) in [5.74, 6) is 0.304. The smallest absolute Gasteiger partial charge is 0.255 e. The summed E-state index contributed by atoms with van der Waals surface area (Å²) >= 11 is 1.47. The maximum Gasteiger partial charge on any atom is 0.255 e. The van der Waals surface area contributed by atoms with Gasteiger partial charge in [-0.05, 0) is 85.2 Å². The molecule has 0 saturated heterocycles. The van der Waals surface area contributed by atoms with Crippen LogP contribution in [0.4, 0.5) is 11.5 Å². The fourth-order valence-electron chi connectivity index (χ4n) is 3.60. The van der Waals surface area contributed by atoms with Crippen molar-refractivity contribution in [3.63, 3.8) is 0 Å². The summed E-state index contributed by atoms with van der Waals surface area (Å²) in [7, 11) is 0. The van der Waals surface area contributed by atoms with Gasteiger partial charge in [-0.2, -0.15) is 0 Å². The van der Waals surface area contributed by atoms with Crippen molar-refractivity contribution in [1.29, 1.82) is 0 Å². The highest BCUT2D eigenvalue weighted by molar-refractivity contribution is 7.98. The molecule has 2 amide bonds. The minimum atomic E-state index is -0.231. The highest BCUT2D eigenvalue weighted by Crippen LogP contribution is 2.30. The van der Waals surface area contributed by atoms with Gasteiger partial charge in [0.1, 0.15) is 5.82 Å². The van der Waals surface area contributed by atoms with E-state index in [0.717, 1.165) is 34.6 Å². The minimum Gasteiger partial charge on any atom is -0.404 e. The number of rotatable bonds is 8. The third kappa shape index (κ3) is 6.11. The lowest BCUT2D eigenvalue weighted by Crippen LogP contribution is -2.14. The number of hydrogen-bond donors (Lipinski definition) is 4. The van der Waals surface area contributed by atoms with Crippen molar-refractivity contribution in [2.24, 2.45) is 17.4 Å². The zero-order chi connectivity index (χ0) is 25.7. The second kappa shape index (κ2) is 11.1. The first-order chi connectivity index (χ1) is 17.4. The summed E-state index contributed by atoms with van der Waals surface area (Å²) in [6, 6.07) is 12.6. The third-order valence-electron chi connectivity index (χ3n) is 5.80. The van der Waals surface area contributed by atoms with Gasteiger partial charge < -0.3 is 22.1 Å². The molecule has 1 aliphatic carbocycles. The van der Waals surface area contributed by atoms with Gasteiger partial charge in [0.2, 0.25) is 5.91 Å². The normalized spacial score (nSPS) is 13.8. The molecule has 1 aliphatic rings. The first kappa shape index (κ1) is 25.0. The van der Waals surface area contributed by atoms with Crippen LogP contribution in [-0.4, -0.2) is 28.0 Å². The second-order valence-electron chi connectivity index (χ2n) is 8.49. The number of anilines is 2. The van der Waals surface area contributed by atoms with Gasteiger partial charge in [-0.1, -0.05) is 6.07 Å². The van der Waals surface area contributed by atoms with Crippen LogP contribution in [-0.2, 0) is 4.79 Å². The number of carbonyl (C=O) groups is 2.